The molecule has 5 nitrogen and oxygen atoms in total. The lowest BCUT2D eigenvalue weighted by Gasteiger charge is -2.24. The van der Waals surface area contributed by atoms with Gasteiger partial charge in [0.25, 0.3) is 10.0 Å². The highest BCUT2D eigenvalue weighted by atomic mass is 32.2. The first-order valence-corrected chi connectivity index (χ1v) is 10.3. The molecule has 0 spiro atoms. The molecule has 0 aliphatic carbocycles. The largest absolute Gasteiger partial charge is 0.352 e. The zero-order valence-electron chi connectivity index (χ0n) is 14.1. The number of benzene rings is 1. The third-order valence-corrected chi connectivity index (χ3v) is 6.71. The highest BCUT2D eigenvalue weighted by Crippen LogP contribution is 2.28. The molecule has 0 saturated heterocycles. The summed E-state index contributed by atoms with van der Waals surface area (Å²) >= 11 is 1.02. The van der Waals surface area contributed by atoms with E-state index >= 15 is 0 Å². The Morgan fingerprint density at radius 3 is 2.60 bits per heavy atom. The Kier molecular flexibility index (Phi) is 6.55. The number of hydrogen-bond donors (Lipinski definition) is 1. The minimum absolute atomic E-state index is 0.0603. The van der Waals surface area contributed by atoms with Crippen LogP contribution in [0.3, 0.4) is 0 Å². The van der Waals surface area contributed by atoms with Crippen molar-refractivity contribution in [2.45, 2.75) is 36.9 Å². The van der Waals surface area contributed by atoms with Crippen molar-refractivity contribution in [3.05, 3.63) is 47.6 Å². The van der Waals surface area contributed by atoms with Crippen molar-refractivity contribution in [2.24, 2.45) is 0 Å². The van der Waals surface area contributed by atoms with Crippen LogP contribution >= 0.6 is 11.3 Å². The molecule has 136 valence electrons. The fourth-order valence-electron chi connectivity index (χ4n) is 2.43. The highest BCUT2D eigenvalue weighted by molar-refractivity contribution is 7.94. The van der Waals surface area contributed by atoms with Gasteiger partial charge in [-0.1, -0.05) is 31.5 Å². The topological polar surface area (TPSA) is 66.5 Å². The summed E-state index contributed by atoms with van der Waals surface area (Å²) in [5, 5.41) is 4.37. The molecule has 0 aliphatic heterocycles. The van der Waals surface area contributed by atoms with Crippen molar-refractivity contribution in [1.29, 1.82) is 0 Å². The minimum Gasteiger partial charge on any atom is -0.352 e. The molecule has 8 heteroatoms. The number of sulfonamides is 1. The van der Waals surface area contributed by atoms with Gasteiger partial charge in [0, 0.05) is 6.04 Å². The van der Waals surface area contributed by atoms with Gasteiger partial charge < -0.3 is 5.32 Å². The maximum Gasteiger partial charge on any atom is 0.274 e. The van der Waals surface area contributed by atoms with Crippen LogP contribution in [0.4, 0.5) is 10.1 Å². The summed E-state index contributed by atoms with van der Waals surface area (Å²) in [6.07, 6.45) is 1.68. The summed E-state index contributed by atoms with van der Waals surface area (Å²) in [5.74, 6) is -1.17. The number of halogens is 1. The first-order valence-electron chi connectivity index (χ1n) is 7.96. The monoisotopic (exact) mass is 384 g/mol. The van der Waals surface area contributed by atoms with Gasteiger partial charge in [0.05, 0.1) is 5.69 Å². The molecule has 2 aromatic rings. The zero-order chi connectivity index (χ0) is 18.4. The lowest BCUT2D eigenvalue weighted by Crippen LogP contribution is -2.43. The van der Waals surface area contributed by atoms with E-state index < -0.39 is 28.3 Å². The van der Waals surface area contributed by atoms with E-state index in [0.717, 1.165) is 28.5 Å². The van der Waals surface area contributed by atoms with E-state index in [2.05, 4.69) is 5.32 Å². The summed E-state index contributed by atoms with van der Waals surface area (Å²) in [7, 11) is -4.03. The van der Waals surface area contributed by atoms with Gasteiger partial charge >= 0.3 is 0 Å². The molecule has 1 amide bonds. The second-order valence-corrected chi connectivity index (χ2v) is 8.69. The molecule has 0 aliphatic rings. The lowest BCUT2D eigenvalue weighted by atomic mass is 10.2. The molecule has 1 aromatic heterocycles. The number of carbonyl (C=O) groups excluding carboxylic acids is 1. The molecular weight excluding hydrogens is 363 g/mol. The number of para-hydroxylation sites is 1. The quantitative estimate of drug-likeness (QED) is 0.759. The number of thiophene rings is 1. The molecule has 1 atom stereocenters. The van der Waals surface area contributed by atoms with Crippen LogP contribution in [-0.2, 0) is 14.8 Å². The normalized spacial score (nSPS) is 12.6. The molecule has 1 aromatic carbocycles. The first-order chi connectivity index (χ1) is 11.9. The van der Waals surface area contributed by atoms with Crippen molar-refractivity contribution in [1.82, 2.24) is 5.32 Å². The maximum atomic E-state index is 14.2. The van der Waals surface area contributed by atoms with Crippen LogP contribution in [0.1, 0.15) is 26.7 Å². The number of rotatable bonds is 8. The summed E-state index contributed by atoms with van der Waals surface area (Å²) in [6, 6.07) is 8.48. The van der Waals surface area contributed by atoms with Crippen LogP contribution in [-0.4, -0.2) is 26.9 Å². The Balaban J connectivity index is 2.34. The van der Waals surface area contributed by atoms with Crippen molar-refractivity contribution in [3.63, 3.8) is 0 Å². The second-order valence-electron chi connectivity index (χ2n) is 5.65. The zero-order valence-corrected chi connectivity index (χ0v) is 15.7. The molecule has 0 saturated carbocycles. The Labute approximate surface area is 151 Å². The average Bonchev–Trinajstić information content (AvgIpc) is 3.09. The smallest absolute Gasteiger partial charge is 0.274 e. The Morgan fingerprint density at radius 2 is 2.00 bits per heavy atom. The van der Waals surface area contributed by atoms with E-state index in [4.69, 9.17) is 0 Å². The van der Waals surface area contributed by atoms with Crippen molar-refractivity contribution < 1.29 is 17.6 Å². The predicted octanol–water partition coefficient (Wildman–Crippen LogP) is 3.39. The number of nitrogens with zero attached hydrogens (tertiary/aromatic N) is 1. The molecule has 0 fully saturated rings. The van der Waals surface area contributed by atoms with E-state index in [0.29, 0.717) is 0 Å². The molecule has 25 heavy (non-hydrogen) atoms. The van der Waals surface area contributed by atoms with Gasteiger partial charge in [0.1, 0.15) is 16.6 Å². The van der Waals surface area contributed by atoms with Gasteiger partial charge in [0.15, 0.2) is 0 Å². The van der Waals surface area contributed by atoms with E-state index in [1.807, 2.05) is 13.8 Å². The van der Waals surface area contributed by atoms with E-state index in [1.54, 1.807) is 11.4 Å². The summed E-state index contributed by atoms with van der Waals surface area (Å²) in [6.45, 7) is 3.37. The van der Waals surface area contributed by atoms with Crippen LogP contribution in [0.5, 0.6) is 0 Å². The van der Waals surface area contributed by atoms with Gasteiger partial charge in [0.2, 0.25) is 5.91 Å². The molecule has 0 bridgehead atoms. The van der Waals surface area contributed by atoms with Crippen LogP contribution in [0.25, 0.3) is 0 Å². The lowest BCUT2D eigenvalue weighted by molar-refractivity contribution is -0.120. The van der Waals surface area contributed by atoms with Crippen LogP contribution < -0.4 is 9.62 Å². The molecular formula is C17H21FN2O3S2. The highest BCUT2D eigenvalue weighted by Gasteiger charge is 2.30. The van der Waals surface area contributed by atoms with E-state index in [-0.39, 0.29) is 15.9 Å². The SMILES string of the molecule is CCCC(C)NC(=O)CN(c1ccccc1F)S(=O)(=O)c1cccs1. The fraction of sp³-hybridized carbons (Fsp3) is 0.353. The van der Waals surface area contributed by atoms with Crippen LogP contribution in [0, 0.1) is 5.82 Å². The fourth-order valence-corrected chi connectivity index (χ4v) is 4.96. The van der Waals surface area contributed by atoms with Crippen molar-refractivity contribution in [3.8, 4) is 0 Å². The van der Waals surface area contributed by atoms with Gasteiger partial charge in [-0.2, -0.15) is 0 Å². The molecule has 1 heterocycles. The average molecular weight is 384 g/mol. The van der Waals surface area contributed by atoms with Crippen molar-refractivity contribution in [2.75, 3.05) is 10.8 Å². The van der Waals surface area contributed by atoms with Gasteiger partial charge in [-0.3, -0.25) is 9.10 Å². The predicted molar refractivity (Wildman–Crippen MR) is 97.8 cm³/mol. The Morgan fingerprint density at radius 1 is 1.28 bits per heavy atom. The summed E-state index contributed by atoms with van der Waals surface area (Å²) in [5.41, 5.74) is -0.144. The molecule has 1 unspecified atom stereocenters. The number of hydrogen-bond acceptors (Lipinski definition) is 4. The van der Waals surface area contributed by atoms with Gasteiger partial charge in [-0.15, -0.1) is 11.3 Å². The minimum atomic E-state index is -4.03. The number of anilines is 1. The number of carbonyl (C=O) groups is 1. The summed E-state index contributed by atoms with van der Waals surface area (Å²) in [4.78, 5) is 12.3. The van der Waals surface area contributed by atoms with E-state index in [1.165, 1.54) is 30.3 Å². The number of nitrogens with one attached hydrogen (secondary N) is 1. The molecule has 0 radical (unpaired) electrons. The standard InChI is InChI=1S/C17H21FN2O3S2/c1-3-7-13(2)19-16(21)12-20(15-9-5-4-8-14(15)18)25(22,23)17-10-6-11-24-17/h4-6,8-11,13H,3,7,12H2,1-2H3,(H,19,21). The van der Waals surface area contributed by atoms with Gasteiger partial charge in [-0.25, -0.2) is 12.8 Å². The number of amides is 1. The van der Waals surface area contributed by atoms with Crippen molar-refractivity contribution >= 4 is 33.0 Å². The third-order valence-electron chi connectivity index (χ3n) is 3.58. The Hall–Kier alpha value is -1.93. The molecule has 1 N–H and O–H groups in total. The maximum absolute atomic E-state index is 14.2. The second kappa shape index (κ2) is 8.44. The first kappa shape index (κ1) is 19.4. The molecule has 2 rings (SSSR count). The van der Waals surface area contributed by atoms with Crippen LogP contribution in [0.2, 0.25) is 0 Å². The van der Waals surface area contributed by atoms with Crippen LogP contribution in [0.15, 0.2) is 46.0 Å². The van der Waals surface area contributed by atoms with E-state index in [9.17, 15) is 17.6 Å². The van der Waals surface area contributed by atoms with Gasteiger partial charge in [-0.05, 0) is 36.9 Å². The third kappa shape index (κ3) is 4.79. The Bertz CT molecular complexity index is 807. The summed E-state index contributed by atoms with van der Waals surface area (Å²) < 4.78 is 40.9.